The zero-order valence-corrected chi connectivity index (χ0v) is 17.8. The van der Waals surface area contributed by atoms with Gasteiger partial charge >= 0.3 is 18.3 Å². The summed E-state index contributed by atoms with van der Waals surface area (Å²) in [4.78, 5) is 52.4. The number of carbonyl (C=O) groups is 4. The third-order valence-electron chi connectivity index (χ3n) is 4.44. The van der Waals surface area contributed by atoms with Gasteiger partial charge < -0.3 is 20.7 Å². The van der Waals surface area contributed by atoms with Crippen molar-refractivity contribution in [3.8, 4) is 0 Å². The average Bonchev–Trinajstić information content (AvgIpc) is 2.84. The minimum Gasteiger partial charge on any atom is -0.459 e. The maximum Gasteiger partial charge on any atom is 0.417 e. The molecule has 0 heterocycles. The summed E-state index contributed by atoms with van der Waals surface area (Å²) >= 11 is 0. The van der Waals surface area contributed by atoms with Gasteiger partial charge in [-0.05, 0) is 17.5 Å². The fourth-order valence-electron chi connectivity index (χ4n) is 2.69. The van der Waals surface area contributed by atoms with Gasteiger partial charge in [0.15, 0.2) is 0 Å². The van der Waals surface area contributed by atoms with E-state index in [4.69, 9.17) is 20.7 Å². The molecule has 0 bridgehead atoms. The van der Waals surface area contributed by atoms with Crippen LogP contribution in [0.25, 0.3) is 5.53 Å². The summed E-state index contributed by atoms with van der Waals surface area (Å²) in [5.74, 6) is -2.29. The maximum atomic E-state index is 12.8. The third-order valence-corrected chi connectivity index (χ3v) is 4.44. The fraction of sp³-hybridized carbons (Fsp3) is 0.261. The van der Waals surface area contributed by atoms with E-state index < -0.39 is 36.3 Å². The highest BCUT2D eigenvalue weighted by Crippen LogP contribution is 2.08. The molecule has 2 N–H and O–H groups in total. The fourth-order valence-corrected chi connectivity index (χ4v) is 2.69. The molecule has 0 aliphatic carbocycles. The summed E-state index contributed by atoms with van der Waals surface area (Å²) in [7, 11) is 0. The highest BCUT2D eigenvalue weighted by Gasteiger charge is 2.30. The van der Waals surface area contributed by atoms with Crippen LogP contribution >= 0.6 is 0 Å². The Hall–Kier alpha value is -4.14. The molecule has 2 amide bonds. The van der Waals surface area contributed by atoms with Crippen LogP contribution in [0.5, 0.6) is 0 Å². The van der Waals surface area contributed by atoms with Crippen molar-refractivity contribution >= 4 is 30.0 Å². The molecule has 2 aromatic carbocycles. The lowest BCUT2D eigenvalue weighted by atomic mass is 10.1. The summed E-state index contributed by atoms with van der Waals surface area (Å²) in [5, 5.41) is 0. The Morgan fingerprint density at radius 2 is 1.48 bits per heavy atom. The van der Waals surface area contributed by atoms with Crippen LogP contribution in [-0.4, -0.2) is 52.2 Å². The van der Waals surface area contributed by atoms with Gasteiger partial charge in [-0.25, -0.2) is 9.69 Å². The molecule has 0 aliphatic rings. The van der Waals surface area contributed by atoms with E-state index in [1.807, 2.05) is 6.07 Å². The number of benzene rings is 2. The second-order valence-corrected chi connectivity index (χ2v) is 6.97. The predicted molar refractivity (Wildman–Crippen MR) is 116 cm³/mol. The summed E-state index contributed by atoms with van der Waals surface area (Å²) in [6.45, 7) is -0.871. The highest BCUT2D eigenvalue weighted by atomic mass is 16.6. The molecular formula is C23H24N4O6. The Labute approximate surface area is 190 Å². The van der Waals surface area contributed by atoms with Crippen molar-refractivity contribution in [3.05, 3.63) is 77.3 Å². The number of amides is 2. The van der Waals surface area contributed by atoms with Crippen molar-refractivity contribution < 1.29 is 33.4 Å². The number of nitrogens with two attached hydrogens (primary N) is 1. The molecule has 0 spiro atoms. The van der Waals surface area contributed by atoms with Crippen LogP contribution in [0.3, 0.4) is 0 Å². The van der Waals surface area contributed by atoms with E-state index in [2.05, 4.69) is 4.79 Å². The first kappa shape index (κ1) is 25.1. The number of rotatable bonds is 11. The van der Waals surface area contributed by atoms with Gasteiger partial charge in [-0.3, -0.25) is 14.4 Å². The lowest BCUT2D eigenvalue weighted by molar-refractivity contribution is -0.149. The van der Waals surface area contributed by atoms with Crippen LogP contribution in [0.1, 0.15) is 24.0 Å². The van der Waals surface area contributed by atoms with Crippen LogP contribution in [0.4, 0.5) is 4.79 Å². The quantitative estimate of drug-likeness (QED) is 0.236. The number of esters is 1. The van der Waals surface area contributed by atoms with E-state index in [-0.39, 0.29) is 26.1 Å². The molecule has 0 radical (unpaired) electrons. The number of Topliss-reactive ketones (excluding diaryl/α,β-unsaturated/α-hetero) is 1. The van der Waals surface area contributed by atoms with Gasteiger partial charge in [-0.15, -0.1) is 0 Å². The van der Waals surface area contributed by atoms with Gasteiger partial charge in [0.1, 0.15) is 19.8 Å². The van der Waals surface area contributed by atoms with E-state index in [0.29, 0.717) is 16.7 Å². The van der Waals surface area contributed by atoms with Crippen molar-refractivity contribution in [2.45, 2.75) is 32.1 Å². The molecular weight excluding hydrogens is 428 g/mol. The number of hydrogen-bond donors (Lipinski definition) is 1. The monoisotopic (exact) mass is 452 g/mol. The molecule has 2 aromatic rings. The molecule has 1 atom stereocenters. The maximum absolute atomic E-state index is 12.8. The van der Waals surface area contributed by atoms with Crippen LogP contribution in [0, 0.1) is 0 Å². The van der Waals surface area contributed by atoms with Crippen molar-refractivity contribution in [1.82, 2.24) is 4.90 Å². The van der Waals surface area contributed by atoms with Crippen LogP contribution in [0.2, 0.25) is 0 Å². The topological polar surface area (TPSA) is 152 Å². The standard InChI is InChI=1S/C23H24N4O6/c24-20(12-11-19(28)13-26-25)22(30)27(23(31)33-16-18-9-5-2-6-10-18)14-21(29)32-15-17-7-3-1-4-8-17/h1-10,13,20H,11-12,14-16,24H2/t20-/m0/s1. The molecule has 0 unspecified atom stereocenters. The summed E-state index contributed by atoms with van der Waals surface area (Å²) < 4.78 is 10.3. The summed E-state index contributed by atoms with van der Waals surface area (Å²) in [5.41, 5.74) is 15.6. The van der Waals surface area contributed by atoms with Crippen molar-refractivity contribution in [3.63, 3.8) is 0 Å². The largest absolute Gasteiger partial charge is 0.459 e. The number of nitrogens with zero attached hydrogens (tertiary/aromatic N) is 3. The summed E-state index contributed by atoms with van der Waals surface area (Å²) in [6, 6.07) is 16.4. The smallest absolute Gasteiger partial charge is 0.417 e. The molecule has 0 fully saturated rings. The Bertz CT molecular complexity index is 1010. The zero-order valence-electron chi connectivity index (χ0n) is 17.8. The van der Waals surface area contributed by atoms with Gasteiger partial charge in [0.2, 0.25) is 11.7 Å². The number of carbonyl (C=O) groups excluding carboxylic acids is 4. The average molecular weight is 452 g/mol. The SMILES string of the molecule is [N-]=[N+]=CC(=O)CC[C@H](N)C(=O)N(CC(=O)OCc1ccccc1)C(=O)OCc1ccccc1. The molecule has 0 saturated carbocycles. The highest BCUT2D eigenvalue weighted by molar-refractivity contribution is 6.25. The van der Waals surface area contributed by atoms with Gasteiger partial charge in [-0.2, -0.15) is 4.79 Å². The van der Waals surface area contributed by atoms with Gasteiger partial charge in [0, 0.05) is 6.42 Å². The Morgan fingerprint density at radius 1 is 0.939 bits per heavy atom. The van der Waals surface area contributed by atoms with Gasteiger partial charge in [0.25, 0.3) is 0 Å². The minimum absolute atomic E-state index is 0.0399. The lowest BCUT2D eigenvalue weighted by Crippen LogP contribution is -2.49. The van der Waals surface area contributed by atoms with E-state index in [9.17, 15) is 19.2 Å². The molecule has 10 nitrogen and oxygen atoms in total. The Balaban J connectivity index is 2.04. The zero-order chi connectivity index (χ0) is 24.1. The van der Waals surface area contributed by atoms with Crippen molar-refractivity contribution in [2.24, 2.45) is 5.73 Å². The van der Waals surface area contributed by atoms with Crippen molar-refractivity contribution in [2.75, 3.05) is 6.54 Å². The molecule has 0 aliphatic heterocycles. The van der Waals surface area contributed by atoms with Crippen molar-refractivity contribution in [1.29, 1.82) is 0 Å². The third kappa shape index (κ3) is 8.86. The second-order valence-electron chi connectivity index (χ2n) is 6.97. The summed E-state index contributed by atoms with van der Waals surface area (Å²) in [6.07, 6.45) is -0.711. The lowest BCUT2D eigenvalue weighted by Gasteiger charge is -2.22. The van der Waals surface area contributed by atoms with Crippen LogP contribution in [-0.2, 0) is 37.1 Å². The molecule has 10 heteroatoms. The molecule has 33 heavy (non-hydrogen) atoms. The van der Waals surface area contributed by atoms with E-state index >= 15 is 0 Å². The molecule has 172 valence electrons. The Morgan fingerprint density at radius 3 is 2.03 bits per heavy atom. The van der Waals surface area contributed by atoms with Gasteiger partial charge in [-0.1, -0.05) is 60.7 Å². The van der Waals surface area contributed by atoms with Crippen LogP contribution < -0.4 is 5.73 Å². The van der Waals surface area contributed by atoms with Gasteiger partial charge in [0.05, 0.1) is 6.04 Å². The first-order valence-corrected chi connectivity index (χ1v) is 10.1. The van der Waals surface area contributed by atoms with Crippen LogP contribution in [0.15, 0.2) is 60.7 Å². The first-order chi connectivity index (χ1) is 15.9. The first-order valence-electron chi connectivity index (χ1n) is 10.1. The number of hydrogen-bond acceptors (Lipinski definition) is 7. The normalized spacial score (nSPS) is 10.9. The molecule has 0 saturated heterocycles. The minimum atomic E-state index is -1.27. The predicted octanol–water partition coefficient (Wildman–Crippen LogP) is 1.87. The van der Waals surface area contributed by atoms with E-state index in [1.54, 1.807) is 54.6 Å². The van der Waals surface area contributed by atoms with E-state index in [1.165, 1.54) is 0 Å². The second kappa shape index (κ2) is 13.3. The molecule has 0 aromatic heterocycles. The molecule has 2 rings (SSSR count). The van der Waals surface area contributed by atoms with E-state index in [0.717, 1.165) is 5.56 Å². The number of ether oxygens (including phenoxy) is 2. The number of imide groups is 1. The number of ketones is 1. The Kier molecular flexibility index (Phi) is 10.1.